The van der Waals surface area contributed by atoms with E-state index in [1.807, 2.05) is 47.0 Å². The van der Waals surface area contributed by atoms with Crippen LogP contribution in [-0.2, 0) is 13.1 Å². The van der Waals surface area contributed by atoms with Crippen LogP contribution in [-0.4, -0.2) is 29.7 Å². The Hall–Kier alpha value is -3.36. The minimum absolute atomic E-state index is 0.0773. The molecule has 0 amide bonds. The van der Waals surface area contributed by atoms with Crippen molar-refractivity contribution < 1.29 is 4.74 Å². The first-order valence-corrected chi connectivity index (χ1v) is 10.7. The number of likely N-dealkylation sites (tertiary alicyclic amines) is 1. The van der Waals surface area contributed by atoms with Gasteiger partial charge in [0.15, 0.2) is 0 Å². The zero-order chi connectivity index (χ0) is 21.4. The number of aromatic nitrogens is 1. The molecule has 0 unspecified atom stereocenters. The quantitative estimate of drug-likeness (QED) is 0.651. The summed E-state index contributed by atoms with van der Waals surface area (Å²) in [4.78, 5) is 15.2. The number of methoxy groups -OCH3 is 1. The molecule has 0 radical (unpaired) electrons. The van der Waals surface area contributed by atoms with E-state index in [1.54, 1.807) is 13.2 Å². The van der Waals surface area contributed by atoms with Crippen LogP contribution in [0.4, 0.5) is 0 Å². The Morgan fingerprint density at radius 2 is 1.90 bits per heavy atom. The Morgan fingerprint density at radius 1 is 1.06 bits per heavy atom. The second-order valence-electron chi connectivity index (χ2n) is 8.61. The summed E-state index contributed by atoms with van der Waals surface area (Å²) in [5, 5.41) is 9.32. The summed E-state index contributed by atoms with van der Waals surface area (Å²) in [6.07, 6.45) is 1.10. The lowest BCUT2D eigenvalue weighted by atomic mass is 9.80. The van der Waals surface area contributed by atoms with Crippen LogP contribution in [0.3, 0.4) is 0 Å². The predicted octanol–water partition coefficient (Wildman–Crippen LogP) is 4.01. The Balaban J connectivity index is 1.48. The number of hydrogen-bond donors (Lipinski definition) is 0. The zero-order valence-electron chi connectivity index (χ0n) is 17.6. The number of rotatable bonds is 4. The van der Waals surface area contributed by atoms with Crippen molar-refractivity contribution >= 4 is 0 Å². The fourth-order valence-corrected chi connectivity index (χ4v) is 5.23. The van der Waals surface area contributed by atoms with Crippen molar-refractivity contribution in [2.75, 3.05) is 20.2 Å². The van der Waals surface area contributed by atoms with Crippen LogP contribution in [0.15, 0.2) is 65.5 Å². The monoisotopic (exact) mass is 411 g/mol. The molecule has 0 saturated carbocycles. The molecule has 2 aliphatic rings. The van der Waals surface area contributed by atoms with Gasteiger partial charge in [0.05, 0.1) is 18.7 Å². The first-order valence-electron chi connectivity index (χ1n) is 10.7. The van der Waals surface area contributed by atoms with Gasteiger partial charge in [0.2, 0.25) is 0 Å². The van der Waals surface area contributed by atoms with Gasteiger partial charge in [-0.2, -0.15) is 5.26 Å². The van der Waals surface area contributed by atoms with Crippen molar-refractivity contribution in [3.05, 3.63) is 87.8 Å². The van der Waals surface area contributed by atoms with Crippen LogP contribution < -0.4 is 10.3 Å². The molecule has 1 saturated heterocycles. The second-order valence-corrected chi connectivity index (χ2v) is 8.61. The van der Waals surface area contributed by atoms with Gasteiger partial charge in [-0.3, -0.25) is 9.69 Å². The Bertz CT molecular complexity index is 1210. The van der Waals surface area contributed by atoms with E-state index in [0.29, 0.717) is 17.4 Å². The summed E-state index contributed by atoms with van der Waals surface area (Å²) in [7, 11) is 1.68. The molecule has 1 fully saturated rings. The van der Waals surface area contributed by atoms with Gasteiger partial charge in [-0.15, -0.1) is 0 Å². The third kappa shape index (κ3) is 3.75. The van der Waals surface area contributed by atoms with E-state index in [2.05, 4.69) is 23.1 Å². The molecule has 5 heteroatoms. The smallest absolute Gasteiger partial charge is 0.250 e. The number of hydrogen-bond acceptors (Lipinski definition) is 4. The molecule has 2 aliphatic heterocycles. The fraction of sp³-hybridized carbons (Fsp3) is 0.308. The minimum atomic E-state index is 0.0773. The van der Waals surface area contributed by atoms with Crippen LogP contribution >= 0.6 is 0 Å². The lowest BCUT2D eigenvalue weighted by Gasteiger charge is -2.43. The summed E-state index contributed by atoms with van der Waals surface area (Å²) in [6.45, 7) is 3.59. The number of fused-ring (bicyclic) bond motifs is 4. The van der Waals surface area contributed by atoms with Crippen molar-refractivity contribution in [1.29, 1.82) is 5.26 Å². The van der Waals surface area contributed by atoms with E-state index in [4.69, 9.17) is 4.74 Å². The van der Waals surface area contributed by atoms with E-state index in [0.717, 1.165) is 55.2 Å². The van der Waals surface area contributed by atoms with E-state index >= 15 is 0 Å². The van der Waals surface area contributed by atoms with Gasteiger partial charge < -0.3 is 9.30 Å². The topological polar surface area (TPSA) is 58.3 Å². The van der Waals surface area contributed by atoms with Crippen LogP contribution in [0.2, 0.25) is 0 Å². The third-order valence-electron chi connectivity index (χ3n) is 6.53. The predicted molar refractivity (Wildman–Crippen MR) is 120 cm³/mol. The fourth-order valence-electron chi connectivity index (χ4n) is 5.23. The molecule has 2 bridgehead atoms. The summed E-state index contributed by atoms with van der Waals surface area (Å²) in [6, 6.07) is 21.8. The van der Waals surface area contributed by atoms with Crippen molar-refractivity contribution in [2.45, 2.75) is 25.4 Å². The van der Waals surface area contributed by atoms with E-state index in [-0.39, 0.29) is 5.56 Å². The number of pyridine rings is 1. The van der Waals surface area contributed by atoms with Crippen molar-refractivity contribution in [3.63, 3.8) is 0 Å². The SMILES string of the molecule is COc1ccc(CN2C[C@H]3C[C@H](C2)c2c(-c4cccc(C#N)c4)ccc(=O)n2C3)cc1. The standard InChI is InChI=1S/C26H25N3O2/c1-31-23-7-5-18(6-8-23)14-28-15-20-12-22(17-28)26-24(9-10-25(30)29(26)16-20)21-4-2-3-19(11-21)13-27/h2-11,20,22H,12,14-17H2,1H3/t20-,22-/m1/s1. The summed E-state index contributed by atoms with van der Waals surface area (Å²) >= 11 is 0. The Labute approximate surface area is 182 Å². The molecule has 0 aliphatic carbocycles. The van der Waals surface area contributed by atoms with Gasteiger partial charge in [-0.05, 0) is 53.8 Å². The molecule has 3 heterocycles. The number of nitrogens with zero attached hydrogens (tertiary/aromatic N) is 3. The summed E-state index contributed by atoms with van der Waals surface area (Å²) in [5.74, 6) is 1.65. The maximum atomic E-state index is 12.7. The molecule has 0 N–H and O–H groups in total. The number of nitriles is 1. The molecule has 2 atom stereocenters. The highest BCUT2D eigenvalue weighted by Gasteiger charge is 2.36. The van der Waals surface area contributed by atoms with Gasteiger partial charge in [0.1, 0.15) is 5.75 Å². The van der Waals surface area contributed by atoms with Crippen LogP contribution in [0, 0.1) is 17.2 Å². The molecule has 2 aromatic carbocycles. The largest absolute Gasteiger partial charge is 0.497 e. The average Bonchev–Trinajstić information content (AvgIpc) is 2.80. The van der Waals surface area contributed by atoms with Gasteiger partial charge in [-0.25, -0.2) is 0 Å². The molecule has 5 nitrogen and oxygen atoms in total. The maximum Gasteiger partial charge on any atom is 0.250 e. The molecular formula is C26H25N3O2. The van der Waals surface area contributed by atoms with Gasteiger partial charge in [-0.1, -0.05) is 24.3 Å². The van der Waals surface area contributed by atoms with E-state index in [1.165, 1.54) is 5.56 Å². The van der Waals surface area contributed by atoms with Gasteiger partial charge in [0, 0.05) is 49.4 Å². The first kappa shape index (κ1) is 19.6. The molecular weight excluding hydrogens is 386 g/mol. The number of ether oxygens (including phenoxy) is 1. The molecule has 156 valence electrons. The minimum Gasteiger partial charge on any atom is -0.497 e. The highest BCUT2D eigenvalue weighted by atomic mass is 16.5. The first-order chi connectivity index (χ1) is 15.1. The van der Waals surface area contributed by atoms with E-state index < -0.39 is 0 Å². The second kappa shape index (κ2) is 8.05. The molecule has 1 aromatic heterocycles. The van der Waals surface area contributed by atoms with E-state index in [9.17, 15) is 10.1 Å². The summed E-state index contributed by atoms with van der Waals surface area (Å²) < 4.78 is 7.26. The van der Waals surface area contributed by atoms with Crippen molar-refractivity contribution in [1.82, 2.24) is 9.47 Å². The summed E-state index contributed by atoms with van der Waals surface area (Å²) in [5.41, 5.74) is 5.20. The molecule has 31 heavy (non-hydrogen) atoms. The maximum absolute atomic E-state index is 12.7. The van der Waals surface area contributed by atoms with Crippen LogP contribution in [0.1, 0.15) is 29.2 Å². The Kier molecular flexibility index (Phi) is 5.09. The molecule has 3 aromatic rings. The Morgan fingerprint density at radius 3 is 2.68 bits per heavy atom. The lowest BCUT2D eigenvalue weighted by Crippen LogP contribution is -2.47. The lowest BCUT2D eigenvalue weighted by molar-refractivity contribution is 0.115. The molecule has 0 spiro atoms. The highest BCUT2D eigenvalue weighted by molar-refractivity contribution is 5.68. The van der Waals surface area contributed by atoms with Crippen molar-refractivity contribution in [3.8, 4) is 22.9 Å². The van der Waals surface area contributed by atoms with Crippen LogP contribution in [0.5, 0.6) is 5.75 Å². The van der Waals surface area contributed by atoms with Gasteiger partial charge in [0.25, 0.3) is 5.56 Å². The third-order valence-corrected chi connectivity index (χ3v) is 6.53. The number of piperidine rings is 1. The normalized spacial score (nSPS) is 20.0. The van der Waals surface area contributed by atoms with Crippen LogP contribution in [0.25, 0.3) is 11.1 Å². The highest BCUT2D eigenvalue weighted by Crippen LogP contribution is 2.40. The van der Waals surface area contributed by atoms with Crippen molar-refractivity contribution in [2.24, 2.45) is 5.92 Å². The zero-order valence-corrected chi connectivity index (χ0v) is 17.6. The number of benzene rings is 2. The molecule has 5 rings (SSSR count). The van der Waals surface area contributed by atoms with Gasteiger partial charge >= 0.3 is 0 Å². The average molecular weight is 412 g/mol.